The molecule has 0 aliphatic heterocycles. The normalized spacial score (nSPS) is 10.3. The third-order valence-corrected chi connectivity index (χ3v) is 2.11. The van der Waals surface area contributed by atoms with E-state index in [1.54, 1.807) is 43.3 Å². The summed E-state index contributed by atoms with van der Waals surface area (Å²) in [6, 6.07) is 8.80. The molecular weight excluding hydrogens is 220 g/mol. The fourth-order valence-corrected chi connectivity index (χ4v) is 1.42. The molecule has 0 heterocycles. The molecule has 0 saturated carbocycles. The second-order valence-electron chi connectivity index (χ2n) is 3.95. The SMILES string of the molecule is CN(C)CC(=O)N(CC(=O)O)c1ccccc1. The van der Waals surface area contributed by atoms with Gasteiger partial charge in [-0.3, -0.25) is 9.59 Å². The molecule has 0 spiro atoms. The quantitative estimate of drug-likeness (QED) is 0.816. The number of amides is 1. The number of hydrogen-bond acceptors (Lipinski definition) is 3. The maximum atomic E-state index is 11.9. The maximum Gasteiger partial charge on any atom is 0.323 e. The number of likely N-dealkylation sites (N-methyl/N-ethyl adjacent to an activating group) is 1. The van der Waals surface area contributed by atoms with E-state index < -0.39 is 5.97 Å². The number of aliphatic carboxylic acids is 1. The molecule has 0 aliphatic carbocycles. The predicted molar refractivity (Wildman–Crippen MR) is 65.0 cm³/mol. The van der Waals surface area contributed by atoms with Crippen LogP contribution in [0.15, 0.2) is 30.3 Å². The highest BCUT2D eigenvalue weighted by atomic mass is 16.4. The van der Waals surface area contributed by atoms with Gasteiger partial charge in [-0.05, 0) is 26.2 Å². The molecule has 0 unspecified atom stereocenters. The molecule has 1 aromatic carbocycles. The van der Waals surface area contributed by atoms with Crippen LogP contribution in [0.3, 0.4) is 0 Å². The van der Waals surface area contributed by atoms with Crippen molar-refractivity contribution in [1.82, 2.24) is 4.90 Å². The Bertz CT molecular complexity index is 390. The zero-order chi connectivity index (χ0) is 12.8. The highest BCUT2D eigenvalue weighted by Crippen LogP contribution is 2.13. The number of para-hydroxylation sites is 1. The van der Waals surface area contributed by atoms with E-state index >= 15 is 0 Å². The predicted octanol–water partition coefficient (Wildman–Crippen LogP) is 0.666. The molecule has 17 heavy (non-hydrogen) atoms. The van der Waals surface area contributed by atoms with Crippen LogP contribution in [0, 0.1) is 0 Å². The maximum absolute atomic E-state index is 11.9. The lowest BCUT2D eigenvalue weighted by Gasteiger charge is -2.22. The molecular formula is C12H16N2O3. The summed E-state index contributed by atoms with van der Waals surface area (Å²) >= 11 is 0. The van der Waals surface area contributed by atoms with Gasteiger partial charge in [0.25, 0.3) is 0 Å². The van der Waals surface area contributed by atoms with Crippen molar-refractivity contribution in [2.45, 2.75) is 0 Å². The molecule has 5 heteroatoms. The molecule has 0 aromatic heterocycles. The highest BCUT2D eigenvalue weighted by molar-refractivity contribution is 5.98. The van der Waals surface area contributed by atoms with E-state index in [9.17, 15) is 9.59 Å². The number of hydrogen-bond donors (Lipinski definition) is 1. The molecule has 0 saturated heterocycles. The van der Waals surface area contributed by atoms with E-state index in [4.69, 9.17) is 5.11 Å². The second kappa shape index (κ2) is 6.00. The summed E-state index contributed by atoms with van der Waals surface area (Å²) in [4.78, 5) is 25.7. The number of anilines is 1. The van der Waals surface area contributed by atoms with Gasteiger partial charge in [0.15, 0.2) is 0 Å². The monoisotopic (exact) mass is 236 g/mol. The van der Waals surface area contributed by atoms with E-state index in [1.807, 2.05) is 6.07 Å². The lowest BCUT2D eigenvalue weighted by Crippen LogP contribution is -2.41. The fourth-order valence-electron chi connectivity index (χ4n) is 1.42. The Morgan fingerprint density at radius 3 is 2.18 bits per heavy atom. The third kappa shape index (κ3) is 4.24. The first-order chi connectivity index (χ1) is 8.00. The number of carbonyl (C=O) groups excluding carboxylic acids is 1. The van der Waals surface area contributed by atoms with Gasteiger partial charge in [-0.2, -0.15) is 0 Å². The van der Waals surface area contributed by atoms with E-state index in [0.29, 0.717) is 5.69 Å². The number of carbonyl (C=O) groups is 2. The number of carboxylic acids is 1. The van der Waals surface area contributed by atoms with Crippen molar-refractivity contribution < 1.29 is 14.7 Å². The van der Waals surface area contributed by atoms with Crippen LogP contribution in [0.1, 0.15) is 0 Å². The minimum atomic E-state index is -1.03. The fraction of sp³-hybridized carbons (Fsp3) is 0.333. The number of carboxylic acid groups (broad SMARTS) is 1. The Morgan fingerprint density at radius 1 is 1.12 bits per heavy atom. The first-order valence-electron chi connectivity index (χ1n) is 5.22. The van der Waals surface area contributed by atoms with Crippen LogP contribution in [0.25, 0.3) is 0 Å². The molecule has 0 fully saturated rings. The van der Waals surface area contributed by atoms with Crippen molar-refractivity contribution in [3.8, 4) is 0 Å². The van der Waals surface area contributed by atoms with Crippen molar-refractivity contribution in [1.29, 1.82) is 0 Å². The van der Waals surface area contributed by atoms with E-state index in [0.717, 1.165) is 0 Å². The summed E-state index contributed by atoms with van der Waals surface area (Å²) in [5.41, 5.74) is 0.599. The van der Waals surface area contributed by atoms with Gasteiger partial charge in [0.2, 0.25) is 5.91 Å². The van der Waals surface area contributed by atoms with Crippen molar-refractivity contribution in [2.24, 2.45) is 0 Å². The van der Waals surface area contributed by atoms with Crippen LogP contribution in [0.5, 0.6) is 0 Å². The lowest BCUT2D eigenvalue weighted by molar-refractivity contribution is -0.136. The van der Waals surface area contributed by atoms with Crippen molar-refractivity contribution >= 4 is 17.6 Å². The topological polar surface area (TPSA) is 60.9 Å². The molecule has 5 nitrogen and oxygen atoms in total. The molecule has 0 bridgehead atoms. The third-order valence-electron chi connectivity index (χ3n) is 2.11. The highest BCUT2D eigenvalue weighted by Gasteiger charge is 2.18. The summed E-state index contributed by atoms with van der Waals surface area (Å²) in [6.07, 6.45) is 0. The van der Waals surface area contributed by atoms with Crippen LogP contribution in [-0.4, -0.2) is 49.1 Å². The summed E-state index contributed by atoms with van der Waals surface area (Å²) in [6.45, 7) is -0.140. The average Bonchev–Trinajstić information content (AvgIpc) is 2.25. The van der Waals surface area contributed by atoms with Crippen LogP contribution in [0.4, 0.5) is 5.69 Å². The second-order valence-corrected chi connectivity index (χ2v) is 3.95. The Balaban J connectivity index is 2.88. The van der Waals surface area contributed by atoms with Crippen molar-refractivity contribution in [2.75, 3.05) is 32.1 Å². The van der Waals surface area contributed by atoms with Crippen LogP contribution >= 0.6 is 0 Å². The summed E-state index contributed by atoms with van der Waals surface area (Å²) in [7, 11) is 3.53. The van der Waals surface area contributed by atoms with Crippen LogP contribution in [0.2, 0.25) is 0 Å². The van der Waals surface area contributed by atoms with Crippen LogP contribution < -0.4 is 4.90 Å². The lowest BCUT2D eigenvalue weighted by atomic mass is 10.2. The smallest absolute Gasteiger partial charge is 0.323 e. The molecule has 1 N–H and O–H groups in total. The van der Waals surface area contributed by atoms with Gasteiger partial charge in [0, 0.05) is 5.69 Å². The number of rotatable bonds is 5. The Morgan fingerprint density at radius 2 is 1.71 bits per heavy atom. The van der Waals surface area contributed by atoms with Gasteiger partial charge in [0.05, 0.1) is 6.54 Å². The Labute approximate surface area is 100 Å². The van der Waals surface area contributed by atoms with E-state index in [-0.39, 0.29) is 19.0 Å². The molecule has 1 aromatic rings. The summed E-state index contributed by atoms with van der Waals surface area (Å²) < 4.78 is 0. The zero-order valence-corrected chi connectivity index (χ0v) is 9.96. The van der Waals surface area contributed by atoms with Gasteiger partial charge < -0.3 is 14.9 Å². The van der Waals surface area contributed by atoms with Crippen molar-refractivity contribution in [3.63, 3.8) is 0 Å². The molecule has 0 atom stereocenters. The summed E-state index contributed by atoms with van der Waals surface area (Å²) in [5.74, 6) is -1.26. The largest absolute Gasteiger partial charge is 0.480 e. The molecule has 1 amide bonds. The molecule has 0 aliphatic rings. The van der Waals surface area contributed by atoms with Gasteiger partial charge in [-0.15, -0.1) is 0 Å². The van der Waals surface area contributed by atoms with Crippen molar-refractivity contribution in [3.05, 3.63) is 30.3 Å². The Hall–Kier alpha value is -1.88. The van der Waals surface area contributed by atoms with E-state index in [1.165, 1.54) is 4.90 Å². The minimum Gasteiger partial charge on any atom is -0.480 e. The van der Waals surface area contributed by atoms with Gasteiger partial charge in [-0.1, -0.05) is 18.2 Å². The summed E-state index contributed by atoms with van der Waals surface area (Å²) in [5, 5.41) is 8.82. The zero-order valence-electron chi connectivity index (χ0n) is 9.96. The first kappa shape index (κ1) is 13.2. The van der Waals surface area contributed by atoms with Crippen LogP contribution in [-0.2, 0) is 9.59 Å². The standard InChI is InChI=1S/C12H16N2O3/c1-13(2)8-11(15)14(9-12(16)17)10-6-4-3-5-7-10/h3-7H,8-9H2,1-2H3,(H,16,17). The number of nitrogens with zero attached hydrogens (tertiary/aromatic N) is 2. The minimum absolute atomic E-state index is 0.183. The number of benzene rings is 1. The van der Waals surface area contributed by atoms with Gasteiger partial charge in [-0.25, -0.2) is 0 Å². The molecule has 1 rings (SSSR count). The first-order valence-corrected chi connectivity index (χ1v) is 5.22. The Kier molecular flexibility index (Phi) is 4.66. The van der Waals surface area contributed by atoms with Gasteiger partial charge in [0.1, 0.15) is 6.54 Å². The average molecular weight is 236 g/mol. The molecule has 0 radical (unpaired) electrons. The molecule has 92 valence electrons. The van der Waals surface area contributed by atoms with E-state index in [2.05, 4.69) is 0 Å². The van der Waals surface area contributed by atoms with Gasteiger partial charge >= 0.3 is 5.97 Å².